The van der Waals surface area contributed by atoms with E-state index in [-0.39, 0.29) is 0 Å². The summed E-state index contributed by atoms with van der Waals surface area (Å²) < 4.78 is 0. The first-order valence-corrected chi connectivity index (χ1v) is 6.38. The van der Waals surface area contributed by atoms with E-state index < -0.39 is 0 Å². The Kier molecular flexibility index (Phi) is 5.60. The molecule has 1 unspecified atom stereocenters. The van der Waals surface area contributed by atoms with Crippen LogP contribution in [0.4, 0.5) is 0 Å². The van der Waals surface area contributed by atoms with Crippen LogP contribution in [0.5, 0.6) is 0 Å². The van der Waals surface area contributed by atoms with Crippen molar-refractivity contribution in [2.75, 3.05) is 32.7 Å². The molecule has 0 aromatic carbocycles. The fourth-order valence-corrected chi connectivity index (χ4v) is 1.95. The van der Waals surface area contributed by atoms with Gasteiger partial charge in [0.25, 0.3) is 0 Å². The lowest BCUT2D eigenvalue weighted by atomic mass is 10.1. The summed E-state index contributed by atoms with van der Waals surface area (Å²) in [7, 11) is 0. The van der Waals surface area contributed by atoms with Crippen molar-refractivity contribution < 1.29 is 0 Å². The number of rotatable bonds is 5. The first-order valence-electron chi connectivity index (χ1n) is 6.38. The van der Waals surface area contributed by atoms with E-state index in [0.29, 0.717) is 11.9 Å². The summed E-state index contributed by atoms with van der Waals surface area (Å²) in [6.45, 7) is 11.9. The summed E-state index contributed by atoms with van der Waals surface area (Å²) in [6, 6.07) is 0. The lowest BCUT2D eigenvalue weighted by Crippen LogP contribution is -2.36. The van der Waals surface area contributed by atoms with E-state index in [2.05, 4.69) is 36.0 Å². The van der Waals surface area contributed by atoms with E-state index >= 15 is 0 Å². The number of nitrogens with two attached hydrogens (primary N) is 1. The van der Waals surface area contributed by atoms with Crippen LogP contribution >= 0.6 is 0 Å². The van der Waals surface area contributed by atoms with E-state index in [1.807, 2.05) is 0 Å². The Hall–Kier alpha value is -0.770. The van der Waals surface area contributed by atoms with E-state index in [1.54, 1.807) is 0 Å². The summed E-state index contributed by atoms with van der Waals surface area (Å²) >= 11 is 0. The highest BCUT2D eigenvalue weighted by atomic mass is 15.2. The molecule has 1 aliphatic heterocycles. The van der Waals surface area contributed by atoms with Crippen LogP contribution in [0, 0.1) is 11.8 Å². The van der Waals surface area contributed by atoms with Gasteiger partial charge in [-0.05, 0) is 31.3 Å². The second-order valence-corrected chi connectivity index (χ2v) is 5.05. The third-order valence-electron chi connectivity index (χ3n) is 3.02. The summed E-state index contributed by atoms with van der Waals surface area (Å²) in [4.78, 5) is 6.77. The first kappa shape index (κ1) is 13.3. The molecule has 0 radical (unpaired) electrons. The van der Waals surface area contributed by atoms with Gasteiger partial charge in [0.2, 0.25) is 0 Å². The van der Waals surface area contributed by atoms with E-state index in [1.165, 1.54) is 19.5 Å². The zero-order valence-electron chi connectivity index (χ0n) is 10.9. The number of hydrogen-bond donors (Lipinski definition) is 2. The number of guanidine groups is 1. The van der Waals surface area contributed by atoms with Crippen molar-refractivity contribution >= 4 is 5.96 Å². The van der Waals surface area contributed by atoms with Crippen LogP contribution in [0.25, 0.3) is 0 Å². The van der Waals surface area contributed by atoms with Gasteiger partial charge in [0, 0.05) is 19.6 Å². The molecule has 1 fully saturated rings. The van der Waals surface area contributed by atoms with Gasteiger partial charge < -0.3 is 16.0 Å². The molecule has 1 atom stereocenters. The van der Waals surface area contributed by atoms with Crippen molar-refractivity contribution in [3.05, 3.63) is 0 Å². The predicted molar refractivity (Wildman–Crippen MR) is 69.6 cm³/mol. The van der Waals surface area contributed by atoms with Gasteiger partial charge in [-0.15, -0.1) is 0 Å². The Balaban J connectivity index is 2.17. The molecule has 3 N–H and O–H groups in total. The Labute approximate surface area is 99.3 Å². The molecule has 0 aromatic heterocycles. The number of hydrogen-bond acceptors (Lipinski definition) is 2. The number of aliphatic imine (C=N–C) groups is 1. The normalized spacial score (nSPS) is 23.0. The van der Waals surface area contributed by atoms with Crippen LogP contribution in [-0.4, -0.2) is 43.6 Å². The van der Waals surface area contributed by atoms with E-state index in [0.717, 1.165) is 25.6 Å². The molecule has 0 aromatic rings. The fraction of sp³-hybridized carbons (Fsp3) is 0.917. The van der Waals surface area contributed by atoms with Crippen molar-refractivity contribution in [1.29, 1.82) is 0 Å². The molecule has 0 saturated carbocycles. The number of nitrogens with zero attached hydrogens (tertiary/aromatic N) is 2. The molecular weight excluding hydrogens is 200 g/mol. The Morgan fingerprint density at radius 1 is 1.56 bits per heavy atom. The molecule has 16 heavy (non-hydrogen) atoms. The molecule has 1 aliphatic rings. The van der Waals surface area contributed by atoms with Gasteiger partial charge in [-0.1, -0.05) is 20.8 Å². The van der Waals surface area contributed by atoms with Crippen LogP contribution in [0.3, 0.4) is 0 Å². The average molecular weight is 226 g/mol. The third kappa shape index (κ3) is 4.84. The summed E-state index contributed by atoms with van der Waals surface area (Å²) in [5.74, 6) is 1.90. The quantitative estimate of drug-likeness (QED) is 0.541. The smallest absolute Gasteiger partial charge is 0.188 e. The summed E-state index contributed by atoms with van der Waals surface area (Å²) in [6.07, 6.45) is 1.28. The van der Waals surface area contributed by atoms with Crippen LogP contribution in [0.15, 0.2) is 4.99 Å². The van der Waals surface area contributed by atoms with Gasteiger partial charge in [-0.25, -0.2) is 0 Å². The highest BCUT2D eigenvalue weighted by Crippen LogP contribution is 2.14. The number of likely N-dealkylation sites (tertiary alicyclic amines) is 1. The zero-order chi connectivity index (χ0) is 12.0. The monoisotopic (exact) mass is 226 g/mol. The Morgan fingerprint density at radius 2 is 2.31 bits per heavy atom. The topological polar surface area (TPSA) is 53.6 Å². The van der Waals surface area contributed by atoms with Gasteiger partial charge in [0.1, 0.15) is 0 Å². The highest BCUT2D eigenvalue weighted by Gasteiger charge is 2.20. The lowest BCUT2D eigenvalue weighted by Gasteiger charge is -2.14. The van der Waals surface area contributed by atoms with Crippen molar-refractivity contribution in [3.63, 3.8) is 0 Å². The molecule has 4 heteroatoms. The molecule has 0 spiro atoms. The predicted octanol–water partition coefficient (Wildman–Crippen LogP) is 0.889. The van der Waals surface area contributed by atoms with Crippen LogP contribution < -0.4 is 11.1 Å². The van der Waals surface area contributed by atoms with E-state index in [9.17, 15) is 0 Å². The number of nitrogens with one attached hydrogen (secondary N) is 1. The molecule has 0 bridgehead atoms. The van der Waals surface area contributed by atoms with Crippen molar-refractivity contribution in [1.82, 2.24) is 10.2 Å². The average Bonchev–Trinajstić information content (AvgIpc) is 2.71. The second-order valence-electron chi connectivity index (χ2n) is 5.05. The maximum atomic E-state index is 5.79. The van der Waals surface area contributed by atoms with Crippen LogP contribution in [0.1, 0.15) is 27.2 Å². The standard InChI is InChI=1S/C12H26N4/c1-4-16-6-5-11(9-16)8-15-12(13)14-7-10(2)3/h10-11H,4-9H2,1-3H3,(H3,13,14,15). The molecular formula is C12H26N4. The molecule has 1 heterocycles. The largest absolute Gasteiger partial charge is 0.370 e. The third-order valence-corrected chi connectivity index (χ3v) is 3.02. The molecule has 0 amide bonds. The molecule has 0 aliphatic carbocycles. The first-order chi connectivity index (χ1) is 7.61. The SMILES string of the molecule is CCN1CCC(CNC(N)=NCC(C)C)C1. The Bertz CT molecular complexity index is 225. The summed E-state index contributed by atoms with van der Waals surface area (Å²) in [5, 5.41) is 3.23. The second kappa shape index (κ2) is 6.74. The zero-order valence-corrected chi connectivity index (χ0v) is 10.9. The minimum atomic E-state index is 0.572. The van der Waals surface area contributed by atoms with Gasteiger partial charge in [-0.2, -0.15) is 0 Å². The lowest BCUT2D eigenvalue weighted by molar-refractivity contribution is 0.342. The molecule has 4 nitrogen and oxygen atoms in total. The fourth-order valence-electron chi connectivity index (χ4n) is 1.95. The van der Waals surface area contributed by atoms with Gasteiger partial charge in [0.15, 0.2) is 5.96 Å². The van der Waals surface area contributed by atoms with Crippen molar-refractivity contribution in [2.45, 2.75) is 27.2 Å². The molecule has 1 rings (SSSR count). The maximum Gasteiger partial charge on any atom is 0.188 e. The maximum absolute atomic E-state index is 5.79. The minimum Gasteiger partial charge on any atom is -0.370 e. The van der Waals surface area contributed by atoms with Gasteiger partial charge >= 0.3 is 0 Å². The van der Waals surface area contributed by atoms with Crippen molar-refractivity contribution in [2.24, 2.45) is 22.6 Å². The van der Waals surface area contributed by atoms with Gasteiger partial charge in [0.05, 0.1) is 0 Å². The Morgan fingerprint density at radius 3 is 2.88 bits per heavy atom. The molecule has 1 saturated heterocycles. The van der Waals surface area contributed by atoms with Gasteiger partial charge in [-0.3, -0.25) is 4.99 Å². The summed E-state index contributed by atoms with van der Waals surface area (Å²) in [5.41, 5.74) is 5.79. The highest BCUT2D eigenvalue weighted by molar-refractivity contribution is 5.77. The molecule has 94 valence electrons. The van der Waals surface area contributed by atoms with E-state index in [4.69, 9.17) is 5.73 Å². The van der Waals surface area contributed by atoms with Crippen molar-refractivity contribution in [3.8, 4) is 0 Å². The van der Waals surface area contributed by atoms with Crippen LogP contribution in [-0.2, 0) is 0 Å². The van der Waals surface area contributed by atoms with Crippen LogP contribution in [0.2, 0.25) is 0 Å². The minimum absolute atomic E-state index is 0.572.